The second-order valence-electron chi connectivity index (χ2n) is 6.85. The Morgan fingerprint density at radius 1 is 0.821 bits per heavy atom. The van der Waals surface area contributed by atoms with Gasteiger partial charge < -0.3 is 0 Å². The minimum absolute atomic E-state index is 0.0357. The third kappa shape index (κ3) is 5.28. The summed E-state index contributed by atoms with van der Waals surface area (Å²) in [4.78, 5) is 14.9. The number of allylic oxidation sites excluding steroid dienone is 1. The van der Waals surface area contributed by atoms with Crippen molar-refractivity contribution in [3.8, 4) is 11.1 Å². The molecule has 0 amide bonds. The predicted octanol–water partition coefficient (Wildman–Crippen LogP) is 6.09. The van der Waals surface area contributed by atoms with Crippen LogP contribution in [-0.4, -0.2) is 23.8 Å². The number of carbonyl (C=O) groups is 1. The van der Waals surface area contributed by atoms with E-state index in [0.717, 1.165) is 30.8 Å². The maximum absolute atomic E-state index is 12.6. The topological polar surface area (TPSA) is 20.3 Å². The molecule has 0 heterocycles. The Hall–Kier alpha value is -2.97. The van der Waals surface area contributed by atoms with Crippen molar-refractivity contribution in [3.63, 3.8) is 0 Å². The smallest absolute Gasteiger partial charge is 0.185 e. The van der Waals surface area contributed by atoms with Crippen molar-refractivity contribution >= 4 is 11.9 Å². The third-order valence-electron chi connectivity index (χ3n) is 4.96. The molecule has 0 saturated heterocycles. The van der Waals surface area contributed by atoms with Gasteiger partial charge in [-0.25, -0.2) is 0 Å². The molecule has 0 radical (unpaired) electrons. The van der Waals surface area contributed by atoms with Crippen molar-refractivity contribution in [2.45, 2.75) is 20.4 Å². The third-order valence-corrected chi connectivity index (χ3v) is 4.96. The summed E-state index contributed by atoms with van der Waals surface area (Å²) in [6.45, 7) is 7.20. The van der Waals surface area contributed by atoms with Crippen LogP contribution < -0.4 is 0 Å². The number of ketones is 1. The highest BCUT2D eigenvalue weighted by atomic mass is 16.1. The average Bonchev–Trinajstić information content (AvgIpc) is 2.77. The van der Waals surface area contributed by atoms with Crippen molar-refractivity contribution in [2.24, 2.45) is 0 Å². The Balaban J connectivity index is 1.68. The van der Waals surface area contributed by atoms with E-state index in [-0.39, 0.29) is 5.78 Å². The fourth-order valence-electron chi connectivity index (χ4n) is 3.21. The molecule has 2 nitrogen and oxygen atoms in total. The van der Waals surface area contributed by atoms with E-state index in [1.807, 2.05) is 54.6 Å². The second-order valence-corrected chi connectivity index (χ2v) is 6.85. The van der Waals surface area contributed by atoms with Gasteiger partial charge in [0.05, 0.1) is 0 Å². The fraction of sp³-hybridized carbons (Fsp3) is 0.192. The zero-order chi connectivity index (χ0) is 19.8. The molecular formula is C26H27NO. The van der Waals surface area contributed by atoms with E-state index in [1.54, 1.807) is 6.08 Å². The largest absolute Gasteiger partial charge is 0.300 e. The first kappa shape index (κ1) is 19.8. The Morgan fingerprint density at radius 2 is 1.50 bits per heavy atom. The highest BCUT2D eigenvalue weighted by Crippen LogP contribution is 2.20. The number of rotatable bonds is 8. The Labute approximate surface area is 168 Å². The molecule has 0 aliphatic heterocycles. The van der Waals surface area contributed by atoms with Gasteiger partial charge in [-0.2, -0.15) is 0 Å². The molecule has 2 heteroatoms. The molecule has 0 aliphatic rings. The summed E-state index contributed by atoms with van der Waals surface area (Å²) in [5, 5.41) is 0. The van der Waals surface area contributed by atoms with Crippen LogP contribution >= 0.6 is 0 Å². The summed E-state index contributed by atoms with van der Waals surface area (Å²) in [5.41, 5.74) is 5.30. The second kappa shape index (κ2) is 9.82. The van der Waals surface area contributed by atoms with E-state index in [9.17, 15) is 4.79 Å². The van der Waals surface area contributed by atoms with E-state index >= 15 is 0 Å². The molecule has 0 spiro atoms. The standard InChI is InChI=1S/C26H27NO/c1-3-27(4-2)20-22-9-8-12-25(19-22)26(28)18-15-21-13-16-24(17-14-21)23-10-6-5-7-11-23/h5-19H,3-4,20H2,1-2H3/b18-15+. The number of hydrogen-bond donors (Lipinski definition) is 0. The van der Waals surface area contributed by atoms with Gasteiger partial charge in [0.25, 0.3) is 0 Å². The monoisotopic (exact) mass is 369 g/mol. The summed E-state index contributed by atoms with van der Waals surface area (Å²) in [6, 6.07) is 26.5. The molecule has 3 aromatic rings. The SMILES string of the molecule is CCN(CC)Cc1cccc(C(=O)/C=C/c2ccc(-c3ccccc3)cc2)c1. The fourth-order valence-corrected chi connectivity index (χ4v) is 3.21. The molecule has 0 saturated carbocycles. The van der Waals surface area contributed by atoms with Crippen LogP contribution in [0.4, 0.5) is 0 Å². The van der Waals surface area contributed by atoms with Gasteiger partial charge in [0.15, 0.2) is 5.78 Å². The van der Waals surface area contributed by atoms with E-state index < -0.39 is 0 Å². The van der Waals surface area contributed by atoms with Crippen molar-refractivity contribution in [1.82, 2.24) is 4.90 Å². The van der Waals surface area contributed by atoms with Crippen molar-refractivity contribution in [1.29, 1.82) is 0 Å². The molecule has 0 atom stereocenters. The minimum Gasteiger partial charge on any atom is -0.300 e. The zero-order valence-corrected chi connectivity index (χ0v) is 16.6. The van der Waals surface area contributed by atoms with Crippen molar-refractivity contribution in [3.05, 3.63) is 102 Å². The average molecular weight is 370 g/mol. The first-order valence-corrected chi connectivity index (χ1v) is 9.88. The summed E-state index contributed by atoms with van der Waals surface area (Å²) in [5.74, 6) is 0.0357. The van der Waals surface area contributed by atoms with Gasteiger partial charge in [-0.1, -0.05) is 92.7 Å². The molecule has 0 N–H and O–H groups in total. The van der Waals surface area contributed by atoms with Gasteiger partial charge in [-0.15, -0.1) is 0 Å². The lowest BCUT2D eigenvalue weighted by molar-refractivity contribution is 0.104. The Bertz CT molecular complexity index is 922. The lowest BCUT2D eigenvalue weighted by atomic mass is 10.0. The van der Waals surface area contributed by atoms with E-state index in [4.69, 9.17) is 0 Å². The first-order valence-electron chi connectivity index (χ1n) is 9.88. The molecule has 28 heavy (non-hydrogen) atoms. The van der Waals surface area contributed by atoms with Gasteiger partial charge >= 0.3 is 0 Å². The van der Waals surface area contributed by atoms with E-state index in [2.05, 4.69) is 49.1 Å². The Kier molecular flexibility index (Phi) is 6.94. The van der Waals surface area contributed by atoms with E-state index in [1.165, 1.54) is 16.7 Å². The summed E-state index contributed by atoms with van der Waals surface area (Å²) >= 11 is 0. The van der Waals surface area contributed by atoms with Gasteiger partial charge in [0, 0.05) is 12.1 Å². The van der Waals surface area contributed by atoms with Crippen LogP contribution in [0.2, 0.25) is 0 Å². The molecular weight excluding hydrogens is 342 g/mol. The number of nitrogens with zero attached hydrogens (tertiary/aromatic N) is 1. The van der Waals surface area contributed by atoms with Crippen LogP contribution in [0.1, 0.15) is 35.3 Å². The van der Waals surface area contributed by atoms with Gasteiger partial charge in [-0.3, -0.25) is 9.69 Å². The highest BCUT2D eigenvalue weighted by molar-refractivity contribution is 6.06. The van der Waals surface area contributed by atoms with Crippen LogP contribution in [0.5, 0.6) is 0 Å². The lowest BCUT2D eigenvalue weighted by Gasteiger charge is -2.18. The zero-order valence-electron chi connectivity index (χ0n) is 16.6. The number of hydrogen-bond acceptors (Lipinski definition) is 2. The number of carbonyl (C=O) groups excluding carboxylic acids is 1. The molecule has 0 bridgehead atoms. The normalized spacial score (nSPS) is 11.2. The van der Waals surface area contributed by atoms with Crippen molar-refractivity contribution < 1.29 is 4.79 Å². The van der Waals surface area contributed by atoms with E-state index in [0.29, 0.717) is 0 Å². The first-order chi connectivity index (χ1) is 13.7. The van der Waals surface area contributed by atoms with Crippen LogP contribution in [0.3, 0.4) is 0 Å². The quantitative estimate of drug-likeness (QED) is 0.354. The van der Waals surface area contributed by atoms with Crippen LogP contribution in [-0.2, 0) is 6.54 Å². The predicted molar refractivity (Wildman–Crippen MR) is 118 cm³/mol. The maximum Gasteiger partial charge on any atom is 0.185 e. The van der Waals surface area contributed by atoms with Gasteiger partial charge in [0.2, 0.25) is 0 Å². The highest BCUT2D eigenvalue weighted by Gasteiger charge is 2.06. The molecule has 3 aromatic carbocycles. The molecule has 142 valence electrons. The lowest BCUT2D eigenvalue weighted by Crippen LogP contribution is -2.22. The Morgan fingerprint density at radius 3 is 2.18 bits per heavy atom. The maximum atomic E-state index is 12.6. The van der Waals surface area contributed by atoms with Gasteiger partial charge in [0.1, 0.15) is 0 Å². The van der Waals surface area contributed by atoms with Crippen LogP contribution in [0, 0.1) is 0 Å². The summed E-state index contributed by atoms with van der Waals surface area (Å²) < 4.78 is 0. The van der Waals surface area contributed by atoms with Gasteiger partial charge in [-0.05, 0) is 47.5 Å². The van der Waals surface area contributed by atoms with Crippen molar-refractivity contribution in [2.75, 3.05) is 13.1 Å². The summed E-state index contributed by atoms with van der Waals surface area (Å²) in [7, 11) is 0. The minimum atomic E-state index is 0.0357. The molecule has 0 unspecified atom stereocenters. The molecule has 0 aliphatic carbocycles. The molecule has 0 aromatic heterocycles. The number of benzene rings is 3. The molecule has 3 rings (SSSR count). The van der Waals surface area contributed by atoms with Crippen LogP contribution in [0.25, 0.3) is 17.2 Å². The summed E-state index contributed by atoms with van der Waals surface area (Å²) in [6.07, 6.45) is 3.54. The molecule has 0 fully saturated rings. The van der Waals surface area contributed by atoms with Crippen LogP contribution in [0.15, 0.2) is 84.9 Å².